The van der Waals surface area contributed by atoms with Crippen molar-refractivity contribution in [2.24, 2.45) is 0 Å². The number of halogens is 2. The summed E-state index contributed by atoms with van der Waals surface area (Å²) in [6, 6.07) is 11.5. The van der Waals surface area contributed by atoms with Gasteiger partial charge in [0.25, 0.3) is 0 Å². The fraction of sp³-hybridized carbons (Fsp3) is 0.278. The third kappa shape index (κ3) is 3.10. The fourth-order valence-electron chi connectivity index (χ4n) is 3.23. The third-order valence-corrected chi connectivity index (χ3v) is 5.06. The lowest BCUT2D eigenvalue weighted by molar-refractivity contribution is 0.0697. The molecule has 0 bridgehead atoms. The second-order valence-electron chi connectivity index (χ2n) is 6.52. The van der Waals surface area contributed by atoms with E-state index in [0.717, 1.165) is 22.0 Å². The highest BCUT2D eigenvalue weighted by molar-refractivity contribution is 9.10. The number of anilines is 1. The minimum Gasteiger partial charge on any atom is -0.478 e. The number of carbonyl (C=O) groups is 1. The molecule has 0 radical (unpaired) electrons. The Labute approximate surface area is 148 Å². The highest BCUT2D eigenvalue weighted by Gasteiger charge is 2.36. The predicted molar refractivity (Wildman–Crippen MR) is 96.6 cm³/mol. The van der Waals surface area contributed by atoms with Gasteiger partial charge in [0.2, 0.25) is 0 Å². The number of hydrogen-bond acceptors (Lipinski definition) is 2. The van der Waals surface area contributed by atoms with Crippen LogP contribution in [0.2, 0.25) is 5.02 Å². The molecule has 0 saturated carbocycles. The van der Waals surface area contributed by atoms with Crippen molar-refractivity contribution >= 4 is 39.2 Å². The molecule has 1 heterocycles. The molecule has 1 aliphatic rings. The highest BCUT2D eigenvalue weighted by Crippen LogP contribution is 2.46. The predicted octanol–water partition coefficient (Wildman–Crippen LogP) is 5.64. The minimum atomic E-state index is -0.970. The molecule has 1 aliphatic heterocycles. The number of hydrogen-bond donors (Lipinski definition) is 2. The molecule has 0 fully saturated rings. The SMILES string of the molecule is CC1(C)CC(c2cccc(Br)c2)Nc2c(C(=O)O)cc(Cl)cc21. The van der Waals surface area contributed by atoms with Gasteiger partial charge in [-0.2, -0.15) is 0 Å². The Morgan fingerprint density at radius 3 is 2.74 bits per heavy atom. The van der Waals surface area contributed by atoms with Crippen LogP contribution in [0.5, 0.6) is 0 Å². The van der Waals surface area contributed by atoms with Gasteiger partial charge in [0.15, 0.2) is 0 Å². The van der Waals surface area contributed by atoms with E-state index in [2.05, 4.69) is 47.2 Å². The van der Waals surface area contributed by atoms with Crippen molar-refractivity contribution < 1.29 is 9.90 Å². The number of carboxylic acid groups (broad SMARTS) is 1. The van der Waals surface area contributed by atoms with E-state index in [1.807, 2.05) is 18.2 Å². The van der Waals surface area contributed by atoms with Crippen molar-refractivity contribution in [2.75, 3.05) is 5.32 Å². The Balaban J connectivity index is 2.13. The average Bonchev–Trinajstić information content (AvgIpc) is 2.46. The van der Waals surface area contributed by atoms with Crippen LogP contribution in [-0.4, -0.2) is 11.1 Å². The fourth-order valence-corrected chi connectivity index (χ4v) is 3.87. The van der Waals surface area contributed by atoms with Crippen LogP contribution in [-0.2, 0) is 5.41 Å². The van der Waals surface area contributed by atoms with Crippen LogP contribution in [0.15, 0.2) is 40.9 Å². The lowest BCUT2D eigenvalue weighted by Crippen LogP contribution is -2.32. The molecule has 0 saturated heterocycles. The standard InChI is InChI=1S/C18H17BrClNO2/c1-18(2)9-15(10-4-3-5-11(19)6-10)21-16-13(17(22)23)7-12(20)8-14(16)18/h3-8,15,21H,9H2,1-2H3,(H,22,23). The van der Waals surface area contributed by atoms with Gasteiger partial charge in [-0.1, -0.05) is 53.5 Å². The van der Waals surface area contributed by atoms with Gasteiger partial charge in [0.1, 0.15) is 0 Å². The molecule has 3 nitrogen and oxygen atoms in total. The summed E-state index contributed by atoms with van der Waals surface area (Å²) < 4.78 is 1.01. The summed E-state index contributed by atoms with van der Waals surface area (Å²) in [7, 11) is 0. The molecule has 3 rings (SSSR count). The van der Waals surface area contributed by atoms with Gasteiger partial charge in [0, 0.05) is 9.50 Å². The second-order valence-corrected chi connectivity index (χ2v) is 7.87. The first-order valence-electron chi connectivity index (χ1n) is 7.37. The topological polar surface area (TPSA) is 49.3 Å². The first-order chi connectivity index (χ1) is 10.8. The smallest absolute Gasteiger partial charge is 0.337 e. The third-order valence-electron chi connectivity index (χ3n) is 4.35. The van der Waals surface area contributed by atoms with Crippen molar-refractivity contribution in [1.29, 1.82) is 0 Å². The first kappa shape index (κ1) is 16.3. The molecule has 0 aromatic heterocycles. The zero-order valence-corrected chi connectivity index (χ0v) is 15.2. The van der Waals surface area contributed by atoms with Gasteiger partial charge in [-0.05, 0) is 47.2 Å². The van der Waals surface area contributed by atoms with E-state index in [1.165, 1.54) is 6.07 Å². The number of rotatable bonds is 2. The van der Waals surface area contributed by atoms with Gasteiger partial charge in [-0.3, -0.25) is 0 Å². The average molecular weight is 395 g/mol. The molecule has 0 spiro atoms. The van der Waals surface area contributed by atoms with Crippen molar-refractivity contribution in [1.82, 2.24) is 0 Å². The van der Waals surface area contributed by atoms with E-state index < -0.39 is 5.97 Å². The van der Waals surface area contributed by atoms with Gasteiger partial charge in [0.05, 0.1) is 17.3 Å². The zero-order valence-electron chi connectivity index (χ0n) is 12.9. The molecule has 120 valence electrons. The van der Waals surface area contributed by atoms with Crippen LogP contribution in [0.3, 0.4) is 0 Å². The van der Waals surface area contributed by atoms with Gasteiger partial charge in [-0.25, -0.2) is 4.79 Å². The Morgan fingerprint density at radius 1 is 1.35 bits per heavy atom. The van der Waals surface area contributed by atoms with Crippen LogP contribution in [0.25, 0.3) is 0 Å². The summed E-state index contributed by atoms with van der Waals surface area (Å²) in [5, 5.41) is 13.4. The van der Waals surface area contributed by atoms with E-state index in [-0.39, 0.29) is 17.0 Å². The second kappa shape index (κ2) is 5.84. The zero-order chi connectivity index (χ0) is 16.8. The summed E-state index contributed by atoms with van der Waals surface area (Å²) in [6.07, 6.45) is 0.857. The summed E-state index contributed by atoms with van der Waals surface area (Å²) in [4.78, 5) is 11.6. The van der Waals surface area contributed by atoms with Crippen LogP contribution < -0.4 is 5.32 Å². The Kier molecular flexibility index (Phi) is 4.15. The van der Waals surface area contributed by atoms with E-state index in [0.29, 0.717) is 10.7 Å². The minimum absolute atomic E-state index is 0.0503. The monoisotopic (exact) mass is 393 g/mol. The summed E-state index contributed by atoms with van der Waals surface area (Å²) in [6.45, 7) is 4.25. The van der Waals surface area contributed by atoms with Crippen molar-refractivity contribution in [3.8, 4) is 0 Å². The molecule has 5 heteroatoms. The van der Waals surface area contributed by atoms with Crippen LogP contribution in [0, 0.1) is 0 Å². The number of aromatic carboxylic acids is 1. The van der Waals surface area contributed by atoms with E-state index in [4.69, 9.17) is 11.6 Å². The lowest BCUT2D eigenvalue weighted by atomic mass is 9.73. The largest absolute Gasteiger partial charge is 0.478 e. The molecular weight excluding hydrogens is 378 g/mol. The highest BCUT2D eigenvalue weighted by atomic mass is 79.9. The molecule has 1 unspecified atom stereocenters. The summed E-state index contributed by atoms with van der Waals surface area (Å²) >= 11 is 9.63. The summed E-state index contributed by atoms with van der Waals surface area (Å²) in [5.41, 5.74) is 2.80. The molecular formula is C18H17BrClNO2. The van der Waals surface area contributed by atoms with E-state index >= 15 is 0 Å². The molecule has 0 aliphatic carbocycles. The van der Waals surface area contributed by atoms with Gasteiger partial charge < -0.3 is 10.4 Å². The number of benzene rings is 2. The van der Waals surface area contributed by atoms with Crippen LogP contribution in [0.4, 0.5) is 5.69 Å². The Morgan fingerprint density at radius 2 is 2.09 bits per heavy atom. The normalized spacial score (nSPS) is 18.9. The van der Waals surface area contributed by atoms with Crippen molar-refractivity contribution in [3.63, 3.8) is 0 Å². The molecule has 23 heavy (non-hydrogen) atoms. The number of nitrogens with one attached hydrogen (secondary N) is 1. The molecule has 0 amide bonds. The van der Waals surface area contributed by atoms with E-state index in [1.54, 1.807) is 0 Å². The van der Waals surface area contributed by atoms with Crippen LogP contribution in [0.1, 0.15) is 47.8 Å². The summed E-state index contributed by atoms with van der Waals surface area (Å²) in [5.74, 6) is -0.970. The van der Waals surface area contributed by atoms with E-state index in [9.17, 15) is 9.90 Å². The Bertz CT molecular complexity index is 789. The van der Waals surface area contributed by atoms with Crippen LogP contribution >= 0.6 is 27.5 Å². The number of fused-ring (bicyclic) bond motifs is 1. The van der Waals surface area contributed by atoms with Gasteiger partial charge in [-0.15, -0.1) is 0 Å². The van der Waals surface area contributed by atoms with Crippen molar-refractivity contribution in [2.45, 2.75) is 31.7 Å². The maximum absolute atomic E-state index is 11.6. The first-order valence-corrected chi connectivity index (χ1v) is 8.54. The molecule has 2 aromatic carbocycles. The van der Waals surface area contributed by atoms with Crippen molar-refractivity contribution in [3.05, 3.63) is 62.6 Å². The maximum atomic E-state index is 11.6. The van der Waals surface area contributed by atoms with Gasteiger partial charge >= 0.3 is 5.97 Å². The molecule has 1 atom stereocenters. The Hall–Kier alpha value is -1.52. The quantitative estimate of drug-likeness (QED) is 0.693. The number of carboxylic acids is 1. The molecule has 2 aromatic rings. The lowest BCUT2D eigenvalue weighted by Gasteiger charge is -2.39. The maximum Gasteiger partial charge on any atom is 0.337 e. The molecule has 2 N–H and O–H groups in total.